The summed E-state index contributed by atoms with van der Waals surface area (Å²) in [7, 11) is 0. The summed E-state index contributed by atoms with van der Waals surface area (Å²) >= 11 is 2.84. The molecule has 0 radical (unpaired) electrons. The van der Waals surface area contributed by atoms with E-state index in [4.69, 9.17) is 10.2 Å². The molecule has 0 aromatic carbocycles. The summed E-state index contributed by atoms with van der Waals surface area (Å²) < 4.78 is 0. The number of carboxylic acid groups (broad SMARTS) is 1. The van der Waals surface area contributed by atoms with Crippen molar-refractivity contribution in [3.8, 4) is 0 Å². The van der Waals surface area contributed by atoms with Crippen molar-refractivity contribution in [1.29, 1.82) is 0 Å². The zero-order valence-electron chi connectivity index (χ0n) is 4.17. The van der Waals surface area contributed by atoms with Gasteiger partial charge in [-0.25, -0.2) is 0 Å². The molecule has 0 amide bonds. The molecule has 0 unspecified atom stereocenters. The lowest BCUT2D eigenvalue weighted by atomic mass is 10.3. The van der Waals surface area contributed by atoms with Crippen molar-refractivity contribution in [1.82, 2.24) is 0 Å². The fraction of sp³-hybridized carbons (Fsp3) is 0.750. The van der Waals surface area contributed by atoms with Crippen LogP contribution in [0.2, 0.25) is 0 Å². The van der Waals surface area contributed by atoms with Gasteiger partial charge in [0, 0.05) is 6.61 Å². The van der Waals surface area contributed by atoms with Crippen LogP contribution in [-0.4, -0.2) is 27.6 Å². The maximum atomic E-state index is 9.93. The smallest absolute Gasteiger partial charge is 0.317 e. The second kappa shape index (κ2) is 3.86. The minimum atomic E-state index is -0.931. The van der Waals surface area contributed by atoms with Crippen LogP contribution in [0, 0.1) is 0 Å². The van der Waals surface area contributed by atoms with Crippen LogP contribution in [0.4, 0.5) is 0 Å². The highest BCUT2D eigenvalue weighted by molar-refractivity contribution is 9.10. The van der Waals surface area contributed by atoms with Crippen molar-refractivity contribution >= 4 is 21.9 Å². The van der Waals surface area contributed by atoms with E-state index in [2.05, 4.69) is 15.9 Å². The van der Waals surface area contributed by atoms with Gasteiger partial charge in [-0.15, -0.1) is 0 Å². The van der Waals surface area contributed by atoms with Gasteiger partial charge in [0.25, 0.3) is 0 Å². The molecule has 3 nitrogen and oxygen atoms in total. The second-order valence-electron chi connectivity index (χ2n) is 1.32. The molecule has 0 aliphatic carbocycles. The third-order valence-electron chi connectivity index (χ3n) is 0.651. The van der Waals surface area contributed by atoms with Crippen molar-refractivity contribution < 1.29 is 15.0 Å². The molecule has 0 spiro atoms. The van der Waals surface area contributed by atoms with Crippen LogP contribution in [0.5, 0.6) is 0 Å². The minimum absolute atomic E-state index is 0.0950. The second-order valence-corrected chi connectivity index (χ2v) is 2.42. The number of alkyl halides is 1. The SMILES string of the molecule is O=C(O)[C@@H](Br)CCO. The van der Waals surface area contributed by atoms with E-state index >= 15 is 0 Å². The molecule has 0 fully saturated rings. The lowest BCUT2D eigenvalue weighted by molar-refractivity contribution is -0.136. The third-order valence-corrected chi connectivity index (χ3v) is 1.50. The zero-order valence-corrected chi connectivity index (χ0v) is 5.76. The van der Waals surface area contributed by atoms with E-state index in [1.54, 1.807) is 0 Å². The van der Waals surface area contributed by atoms with Crippen LogP contribution in [0.3, 0.4) is 0 Å². The highest BCUT2D eigenvalue weighted by atomic mass is 79.9. The first-order valence-corrected chi connectivity index (χ1v) is 3.07. The summed E-state index contributed by atoms with van der Waals surface area (Å²) in [6, 6.07) is 0. The van der Waals surface area contributed by atoms with Gasteiger partial charge >= 0.3 is 5.97 Å². The van der Waals surface area contributed by atoms with Crippen LogP contribution in [0.1, 0.15) is 6.42 Å². The van der Waals surface area contributed by atoms with Gasteiger partial charge in [-0.1, -0.05) is 15.9 Å². The molecule has 0 aliphatic heterocycles. The monoisotopic (exact) mass is 182 g/mol. The molecule has 0 aromatic heterocycles. The van der Waals surface area contributed by atoms with Crippen molar-refractivity contribution in [2.45, 2.75) is 11.2 Å². The van der Waals surface area contributed by atoms with Gasteiger partial charge in [0.1, 0.15) is 4.83 Å². The van der Waals surface area contributed by atoms with Gasteiger partial charge < -0.3 is 10.2 Å². The van der Waals surface area contributed by atoms with E-state index in [1.165, 1.54) is 0 Å². The van der Waals surface area contributed by atoms with Crippen molar-refractivity contribution in [3.63, 3.8) is 0 Å². The van der Waals surface area contributed by atoms with Gasteiger partial charge in [-0.3, -0.25) is 4.79 Å². The van der Waals surface area contributed by atoms with E-state index in [0.29, 0.717) is 0 Å². The van der Waals surface area contributed by atoms with Gasteiger partial charge in [-0.05, 0) is 6.42 Å². The van der Waals surface area contributed by atoms with Crippen LogP contribution in [-0.2, 0) is 4.79 Å². The average Bonchev–Trinajstić information content (AvgIpc) is 1.67. The Labute approximate surface area is 55.5 Å². The normalized spacial score (nSPS) is 13.2. The van der Waals surface area contributed by atoms with E-state index in [0.717, 1.165) is 0 Å². The number of aliphatic hydroxyl groups is 1. The van der Waals surface area contributed by atoms with Crippen LogP contribution in [0.25, 0.3) is 0 Å². The van der Waals surface area contributed by atoms with E-state index in [9.17, 15) is 4.79 Å². The molecular weight excluding hydrogens is 176 g/mol. The molecule has 0 aliphatic rings. The quantitative estimate of drug-likeness (QED) is 0.615. The fourth-order valence-corrected chi connectivity index (χ4v) is 0.442. The maximum absolute atomic E-state index is 9.93. The number of rotatable bonds is 3. The van der Waals surface area contributed by atoms with Crippen LogP contribution < -0.4 is 0 Å². The Bertz CT molecular complexity index is 83.4. The fourth-order valence-electron chi connectivity index (χ4n) is 0.237. The Morgan fingerprint density at radius 3 is 2.38 bits per heavy atom. The Morgan fingerprint density at radius 2 is 2.25 bits per heavy atom. The number of aliphatic carboxylic acids is 1. The molecule has 0 saturated carbocycles. The molecule has 0 aromatic rings. The average molecular weight is 183 g/mol. The summed E-state index contributed by atoms with van der Waals surface area (Å²) in [4.78, 5) is 9.33. The lowest BCUT2D eigenvalue weighted by Crippen LogP contribution is -2.13. The summed E-state index contributed by atoms with van der Waals surface area (Å²) in [5.74, 6) is -0.931. The molecule has 0 rings (SSSR count). The molecule has 48 valence electrons. The van der Waals surface area contributed by atoms with Gasteiger partial charge in [0.05, 0.1) is 0 Å². The predicted molar refractivity (Wildman–Crippen MR) is 32.1 cm³/mol. The topological polar surface area (TPSA) is 57.5 Å². The lowest BCUT2D eigenvalue weighted by Gasteiger charge is -1.97. The molecule has 1 atom stereocenters. The van der Waals surface area contributed by atoms with Crippen LogP contribution >= 0.6 is 15.9 Å². The summed E-state index contributed by atoms with van der Waals surface area (Å²) in [6.07, 6.45) is 0.259. The summed E-state index contributed by atoms with van der Waals surface area (Å²) in [5, 5.41) is 16.3. The summed E-state index contributed by atoms with van der Waals surface area (Å²) in [5.41, 5.74) is 0. The Morgan fingerprint density at radius 1 is 1.75 bits per heavy atom. The number of carboxylic acids is 1. The van der Waals surface area contributed by atoms with Crippen molar-refractivity contribution in [2.24, 2.45) is 0 Å². The Balaban J connectivity index is 3.32. The molecule has 4 heteroatoms. The first-order chi connectivity index (χ1) is 3.68. The first kappa shape index (κ1) is 7.91. The van der Waals surface area contributed by atoms with E-state index in [1.807, 2.05) is 0 Å². The largest absolute Gasteiger partial charge is 0.480 e. The Kier molecular flexibility index (Phi) is 3.81. The van der Waals surface area contributed by atoms with Gasteiger partial charge in [0.15, 0.2) is 0 Å². The van der Waals surface area contributed by atoms with Crippen molar-refractivity contribution in [2.75, 3.05) is 6.61 Å². The van der Waals surface area contributed by atoms with E-state index in [-0.39, 0.29) is 13.0 Å². The number of carbonyl (C=O) groups is 1. The van der Waals surface area contributed by atoms with Gasteiger partial charge in [0.2, 0.25) is 0 Å². The minimum Gasteiger partial charge on any atom is -0.480 e. The highest BCUT2D eigenvalue weighted by Crippen LogP contribution is 2.02. The molecule has 2 N–H and O–H groups in total. The predicted octanol–water partition coefficient (Wildman–Crippen LogP) is 0.217. The highest BCUT2D eigenvalue weighted by Gasteiger charge is 2.10. The number of halogens is 1. The van der Waals surface area contributed by atoms with Crippen molar-refractivity contribution in [3.05, 3.63) is 0 Å². The zero-order chi connectivity index (χ0) is 6.57. The molecule has 0 bridgehead atoms. The molecule has 0 saturated heterocycles. The summed E-state index contributed by atoms with van der Waals surface area (Å²) in [6.45, 7) is -0.0950. The van der Waals surface area contributed by atoms with Crippen LogP contribution in [0.15, 0.2) is 0 Å². The van der Waals surface area contributed by atoms with E-state index < -0.39 is 10.8 Å². The number of aliphatic hydroxyl groups excluding tert-OH is 1. The maximum Gasteiger partial charge on any atom is 0.317 e. The standard InChI is InChI=1S/C4H7BrO3/c5-3(1-2-6)4(7)8/h3,6H,1-2H2,(H,7,8)/t3-/m0/s1. The Hall–Kier alpha value is -0.0900. The third kappa shape index (κ3) is 2.98. The number of hydrogen-bond acceptors (Lipinski definition) is 2. The molecule has 8 heavy (non-hydrogen) atoms. The van der Waals surface area contributed by atoms with Gasteiger partial charge in [-0.2, -0.15) is 0 Å². The molecule has 0 heterocycles. The first-order valence-electron chi connectivity index (χ1n) is 2.16. The number of hydrogen-bond donors (Lipinski definition) is 2. The molecular formula is C4H7BrO3.